The summed E-state index contributed by atoms with van der Waals surface area (Å²) in [5, 5.41) is 5.38. The highest BCUT2D eigenvalue weighted by Crippen LogP contribution is 2.18. The van der Waals surface area contributed by atoms with Gasteiger partial charge in [-0.3, -0.25) is 15.4 Å². The van der Waals surface area contributed by atoms with E-state index in [-0.39, 0.29) is 11.8 Å². The molecule has 1 saturated heterocycles. The third-order valence-electron chi connectivity index (χ3n) is 3.72. The molecule has 0 spiro atoms. The average molecular weight is 332 g/mol. The molecule has 2 rings (SSSR count). The van der Waals surface area contributed by atoms with Gasteiger partial charge in [-0.05, 0) is 25.0 Å². The molecular weight excluding hydrogens is 308 g/mol. The lowest BCUT2D eigenvalue weighted by molar-refractivity contribution is -0.134. The highest BCUT2D eigenvalue weighted by molar-refractivity contribution is 6.15. The van der Waals surface area contributed by atoms with Crippen molar-refractivity contribution in [1.29, 1.82) is 0 Å². The van der Waals surface area contributed by atoms with Gasteiger partial charge in [0.05, 0.1) is 5.69 Å². The van der Waals surface area contributed by atoms with E-state index < -0.39 is 18.4 Å². The summed E-state index contributed by atoms with van der Waals surface area (Å²) in [5.74, 6) is 0.0857. The number of imide groups is 1. The topological polar surface area (TPSA) is 81.8 Å². The van der Waals surface area contributed by atoms with Crippen LogP contribution >= 0.6 is 0 Å². The molecule has 7 heteroatoms. The van der Waals surface area contributed by atoms with Crippen LogP contribution in [0.5, 0.6) is 0 Å². The van der Waals surface area contributed by atoms with Crippen LogP contribution in [-0.4, -0.2) is 35.7 Å². The van der Waals surface area contributed by atoms with E-state index in [1.54, 1.807) is 19.1 Å². The van der Waals surface area contributed by atoms with Crippen molar-refractivity contribution in [3.05, 3.63) is 29.8 Å². The van der Waals surface area contributed by atoms with E-state index in [2.05, 4.69) is 10.6 Å². The number of amides is 5. The minimum Gasteiger partial charge on any atom is -0.305 e. The van der Waals surface area contributed by atoms with Gasteiger partial charge in [0.25, 0.3) is 0 Å². The molecule has 0 aromatic heterocycles. The zero-order valence-electron chi connectivity index (χ0n) is 14.5. The molecule has 5 amide bonds. The average Bonchev–Trinajstić information content (AvgIpc) is 2.52. The molecule has 0 radical (unpaired) electrons. The number of rotatable bonds is 5. The second-order valence-electron chi connectivity index (χ2n) is 6.27. The van der Waals surface area contributed by atoms with Crippen molar-refractivity contribution in [2.45, 2.75) is 40.4 Å². The van der Waals surface area contributed by atoms with E-state index in [0.29, 0.717) is 18.7 Å². The number of carbonyl (C=O) groups is 3. The predicted octanol–water partition coefficient (Wildman–Crippen LogP) is 2.41. The first-order valence-corrected chi connectivity index (χ1v) is 8.10. The highest BCUT2D eigenvalue weighted by atomic mass is 16.2. The summed E-state index contributed by atoms with van der Waals surface area (Å²) in [6.45, 7) is 8.07. The lowest BCUT2D eigenvalue weighted by Crippen LogP contribution is -2.70. The lowest BCUT2D eigenvalue weighted by atomic mass is 10.2. The van der Waals surface area contributed by atoms with Crippen molar-refractivity contribution in [3.63, 3.8) is 0 Å². The van der Waals surface area contributed by atoms with Gasteiger partial charge in [0.2, 0.25) is 5.91 Å². The maximum atomic E-state index is 12.4. The van der Waals surface area contributed by atoms with Crippen molar-refractivity contribution >= 4 is 23.7 Å². The van der Waals surface area contributed by atoms with E-state index in [4.69, 9.17) is 0 Å². The largest absolute Gasteiger partial charge is 0.333 e. The molecule has 130 valence electrons. The molecule has 0 bridgehead atoms. The maximum Gasteiger partial charge on any atom is 0.333 e. The number of benzene rings is 1. The molecule has 1 aromatic carbocycles. The van der Waals surface area contributed by atoms with E-state index in [1.807, 2.05) is 32.9 Å². The van der Waals surface area contributed by atoms with Crippen LogP contribution in [0.3, 0.4) is 0 Å². The number of anilines is 1. The van der Waals surface area contributed by atoms with Crippen LogP contribution < -0.4 is 15.5 Å². The quantitative estimate of drug-likeness (QED) is 0.869. The standard InChI is InChI=1S/C17H24N4O3/c1-5-14(22)20(10-11(2)3)15-18-16(23)21(17(24)19-15)13-8-6-12(4)7-9-13/h6-9,11,15H,5,10H2,1-4H3,(H,18,23)(H,19,24). The molecule has 0 aliphatic carbocycles. The van der Waals surface area contributed by atoms with Crippen LogP contribution in [0.4, 0.5) is 15.3 Å². The Morgan fingerprint density at radius 3 is 2.17 bits per heavy atom. The van der Waals surface area contributed by atoms with Gasteiger partial charge in [-0.25, -0.2) is 14.5 Å². The molecule has 1 aromatic rings. The molecule has 0 unspecified atom stereocenters. The van der Waals surface area contributed by atoms with Crippen LogP contribution in [0.2, 0.25) is 0 Å². The van der Waals surface area contributed by atoms with Gasteiger partial charge >= 0.3 is 12.1 Å². The van der Waals surface area contributed by atoms with Crippen LogP contribution in [0.1, 0.15) is 32.8 Å². The fourth-order valence-electron chi connectivity index (χ4n) is 2.52. The van der Waals surface area contributed by atoms with Crippen LogP contribution in [0.25, 0.3) is 0 Å². The van der Waals surface area contributed by atoms with E-state index in [9.17, 15) is 14.4 Å². The molecule has 0 saturated carbocycles. The molecule has 1 fully saturated rings. The Balaban J connectivity index is 2.19. The first kappa shape index (κ1) is 17.8. The second-order valence-corrected chi connectivity index (χ2v) is 6.27. The van der Waals surface area contributed by atoms with Crippen LogP contribution in [0.15, 0.2) is 24.3 Å². The summed E-state index contributed by atoms with van der Waals surface area (Å²) >= 11 is 0. The molecule has 2 N–H and O–H groups in total. The lowest BCUT2D eigenvalue weighted by Gasteiger charge is -2.39. The highest BCUT2D eigenvalue weighted by Gasteiger charge is 2.36. The van der Waals surface area contributed by atoms with E-state index in [0.717, 1.165) is 10.5 Å². The first-order chi connectivity index (χ1) is 11.3. The predicted molar refractivity (Wildman–Crippen MR) is 91.4 cm³/mol. The number of aryl methyl sites for hydroxylation is 1. The first-order valence-electron chi connectivity index (χ1n) is 8.10. The Labute approximate surface area is 142 Å². The van der Waals surface area contributed by atoms with E-state index >= 15 is 0 Å². The summed E-state index contributed by atoms with van der Waals surface area (Å²) in [6.07, 6.45) is -0.530. The van der Waals surface area contributed by atoms with Crippen molar-refractivity contribution < 1.29 is 14.4 Å². The summed E-state index contributed by atoms with van der Waals surface area (Å²) in [6, 6.07) is 5.97. The van der Waals surface area contributed by atoms with E-state index in [1.165, 1.54) is 4.90 Å². The third kappa shape index (κ3) is 3.84. The fraction of sp³-hybridized carbons (Fsp3) is 0.471. The Morgan fingerprint density at radius 2 is 1.71 bits per heavy atom. The molecular formula is C17H24N4O3. The van der Waals surface area contributed by atoms with Crippen molar-refractivity contribution in [3.8, 4) is 0 Å². The Morgan fingerprint density at radius 1 is 1.17 bits per heavy atom. The van der Waals surface area contributed by atoms with Crippen LogP contribution in [-0.2, 0) is 4.79 Å². The zero-order chi connectivity index (χ0) is 17.9. The number of hydrogen-bond donors (Lipinski definition) is 2. The molecule has 1 heterocycles. The van der Waals surface area contributed by atoms with Gasteiger partial charge in [-0.2, -0.15) is 0 Å². The molecule has 1 aliphatic rings. The minimum absolute atomic E-state index is 0.127. The Bertz CT molecular complexity index is 609. The third-order valence-corrected chi connectivity index (χ3v) is 3.72. The number of carbonyl (C=O) groups excluding carboxylic acids is 3. The summed E-state index contributed by atoms with van der Waals surface area (Å²) in [4.78, 5) is 39.5. The second kappa shape index (κ2) is 7.33. The summed E-state index contributed by atoms with van der Waals surface area (Å²) in [5.41, 5.74) is 1.51. The summed E-state index contributed by atoms with van der Waals surface area (Å²) < 4.78 is 0. The van der Waals surface area contributed by atoms with Crippen LogP contribution in [0, 0.1) is 12.8 Å². The normalized spacial score (nSPS) is 15.3. The Kier molecular flexibility index (Phi) is 5.43. The number of hydrogen-bond acceptors (Lipinski definition) is 3. The van der Waals surface area contributed by atoms with Crippen molar-refractivity contribution in [2.24, 2.45) is 5.92 Å². The Hall–Kier alpha value is -2.57. The molecule has 0 atom stereocenters. The molecule has 7 nitrogen and oxygen atoms in total. The van der Waals surface area contributed by atoms with Gasteiger partial charge in [0.15, 0.2) is 6.29 Å². The van der Waals surface area contributed by atoms with Gasteiger partial charge in [-0.1, -0.05) is 38.5 Å². The molecule has 1 aliphatic heterocycles. The number of nitrogens with one attached hydrogen (secondary N) is 2. The molecule has 24 heavy (non-hydrogen) atoms. The van der Waals surface area contributed by atoms with Crippen molar-refractivity contribution in [2.75, 3.05) is 11.4 Å². The monoisotopic (exact) mass is 332 g/mol. The van der Waals surface area contributed by atoms with Gasteiger partial charge in [-0.15, -0.1) is 0 Å². The number of urea groups is 2. The smallest absolute Gasteiger partial charge is 0.305 e. The van der Waals surface area contributed by atoms with Gasteiger partial charge in [0, 0.05) is 13.0 Å². The van der Waals surface area contributed by atoms with Gasteiger partial charge in [0.1, 0.15) is 0 Å². The van der Waals surface area contributed by atoms with Gasteiger partial charge < -0.3 is 4.90 Å². The minimum atomic E-state index is -0.832. The van der Waals surface area contributed by atoms with Crippen molar-refractivity contribution in [1.82, 2.24) is 15.5 Å². The zero-order valence-corrected chi connectivity index (χ0v) is 14.5. The fourth-order valence-corrected chi connectivity index (χ4v) is 2.52. The SMILES string of the molecule is CCC(=O)N(CC(C)C)C1NC(=O)N(c2ccc(C)cc2)C(=O)N1. The number of nitrogens with zero attached hydrogens (tertiary/aromatic N) is 2. The summed E-state index contributed by atoms with van der Waals surface area (Å²) in [7, 11) is 0. The maximum absolute atomic E-state index is 12.4.